The first kappa shape index (κ1) is 22.3. The van der Waals surface area contributed by atoms with E-state index in [-0.39, 0.29) is 16.7 Å². The number of hydrogen-bond acceptors (Lipinski definition) is 5. The van der Waals surface area contributed by atoms with Crippen molar-refractivity contribution < 1.29 is 17.9 Å². The van der Waals surface area contributed by atoms with Crippen LogP contribution in [0.5, 0.6) is 0 Å². The standard InChI is InChI=1S/C22H29N3O4S/c1-16(2)21(24-30(27,28)20-10-4-17(3)5-11-20)22(26)23-18-6-8-19(9-7-18)25-12-14-29-15-13-25/h4-11,16,21,24H,12-15H2,1-3H3,(H,23,26). The SMILES string of the molecule is Cc1ccc(S(=O)(=O)NC(C(=O)Nc2ccc(N3CCOCC3)cc2)C(C)C)cc1. The average Bonchev–Trinajstić information content (AvgIpc) is 2.73. The number of amides is 1. The molecule has 1 amide bonds. The van der Waals surface area contributed by atoms with Crippen molar-refractivity contribution in [2.45, 2.75) is 31.7 Å². The second-order valence-electron chi connectivity index (χ2n) is 7.79. The van der Waals surface area contributed by atoms with E-state index in [1.54, 1.807) is 12.1 Å². The van der Waals surface area contributed by atoms with Crippen LogP contribution < -0.4 is 14.9 Å². The van der Waals surface area contributed by atoms with Gasteiger partial charge in [0, 0.05) is 24.5 Å². The Morgan fingerprint density at radius 1 is 1.00 bits per heavy atom. The Morgan fingerprint density at radius 2 is 1.60 bits per heavy atom. The molecule has 0 saturated carbocycles. The predicted octanol–water partition coefficient (Wildman–Crippen LogP) is 2.77. The van der Waals surface area contributed by atoms with Crippen LogP contribution in [0.3, 0.4) is 0 Å². The zero-order valence-electron chi connectivity index (χ0n) is 17.6. The normalized spacial score (nSPS) is 15.8. The number of ether oxygens (including phenoxy) is 1. The zero-order valence-corrected chi connectivity index (χ0v) is 18.4. The number of hydrogen-bond donors (Lipinski definition) is 2. The average molecular weight is 432 g/mol. The van der Waals surface area contributed by atoms with Gasteiger partial charge in [0.05, 0.1) is 18.1 Å². The molecule has 0 spiro atoms. The van der Waals surface area contributed by atoms with E-state index in [1.807, 2.05) is 45.0 Å². The second-order valence-corrected chi connectivity index (χ2v) is 9.51. The van der Waals surface area contributed by atoms with E-state index in [0.29, 0.717) is 18.9 Å². The quantitative estimate of drug-likeness (QED) is 0.704. The highest BCUT2D eigenvalue weighted by Gasteiger charge is 2.28. The highest BCUT2D eigenvalue weighted by Crippen LogP contribution is 2.20. The predicted molar refractivity (Wildman–Crippen MR) is 118 cm³/mol. The second kappa shape index (κ2) is 9.59. The Bertz CT molecular complexity index is 951. The van der Waals surface area contributed by atoms with Crippen LogP contribution in [0, 0.1) is 12.8 Å². The molecule has 1 aliphatic heterocycles. The molecule has 0 bridgehead atoms. The first-order chi connectivity index (χ1) is 14.3. The van der Waals surface area contributed by atoms with E-state index in [9.17, 15) is 13.2 Å². The molecule has 1 heterocycles. The fourth-order valence-electron chi connectivity index (χ4n) is 3.24. The van der Waals surface area contributed by atoms with E-state index in [2.05, 4.69) is 14.9 Å². The molecule has 3 rings (SSSR count). The first-order valence-corrected chi connectivity index (χ1v) is 11.6. The van der Waals surface area contributed by atoms with Gasteiger partial charge in [-0.2, -0.15) is 4.72 Å². The number of morpholine rings is 1. The molecule has 1 unspecified atom stereocenters. The molecule has 0 aromatic heterocycles. The number of aryl methyl sites for hydroxylation is 1. The Hall–Kier alpha value is -2.42. The third kappa shape index (κ3) is 5.59. The van der Waals surface area contributed by atoms with E-state index in [4.69, 9.17) is 4.74 Å². The van der Waals surface area contributed by atoms with Crippen LogP contribution in [0.25, 0.3) is 0 Å². The molecule has 0 aliphatic carbocycles. The fourth-order valence-corrected chi connectivity index (χ4v) is 4.59. The number of anilines is 2. The van der Waals surface area contributed by atoms with Gasteiger partial charge in [-0.15, -0.1) is 0 Å². The van der Waals surface area contributed by atoms with Gasteiger partial charge in [0.15, 0.2) is 0 Å². The zero-order chi connectivity index (χ0) is 21.7. The van der Waals surface area contributed by atoms with Gasteiger partial charge in [-0.05, 0) is 49.2 Å². The van der Waals surface area contributed by atoms with Gasteiger partial charge in [-0.3, -0.25) is 4.79 Å². The van der Waals surface area contributed by atoms with E-state index in [1.165, 1.54) is 12.1 Å². The van der Waals surface area contributed by atoms with E-state index < -0.39 is 16.1 Å². The van der Waals surface area contributed by atoms with Crippen molar-refractivity contribution in [2.24, 2.45) is 5.92 Å². The smallest absolute Gasteiger partial charge is 0.242 e. The molecule has 1 saturated heterocycles. The molecule has 1 fully saturated rings. The summed E-state index contributed by atoms with van der Waals surface area (Å²) in [5.74, 6) is -0.613. The maximum absolute atomic E-state index is 12.8. The molecule has 1 atom stereocenters. The Kier molecular flexibility index (Phi) is 7.12. The Labute approximate surface area is 178 Å². The molecule has 8 heteroatoms. The number of carbonyl (C=O) groups is 1. The summed E-state index contributed by atoms with van der Waals surface area (Å²) in [5, 5.41) is 2.83. The Balaban J connectivity index is 1.68. The van der Waals surface area contributed by atoms with Crippen LogP contribution in [0.1, 0.15) is 19.4 Å². The molecular weight excluding hydrogens is 402 g/mol. The van der Waals surface area contributed by atoms with E-state index >= 15 is 0 Å². The summed E-state index contributed by atoms with van der Waals surface area (Å²) in [5.41, 5.74) is 2.65. The molecule has 0 radical (unpaired) electrons. The van der Waals surface area contributed by atoms with Crippen LogP contribution in [0.4, 0.5) is 11.4 Å². The van der Waals surface area contributed by atoms with Crippen molar-refractivity contribution in [1.82, 2.24) is 4.72 Å². The lowest BCUT2D eigenvalue weighted by Crippen LogP contribution is -2.47. The van der Waals surface area contributed by atoms with Gasteiger partial charge in [0.25, 0.3) is 0 Å². The summed E-state index contributed by atoms with van der Waals surface area (Å²) in [6.45, 7) is 8.58. The van der Waals surface area contributed by atoms with Crippen molar-refractivity contribution in [3.63, 3.8) is 0 Å². The minimum atomic E-state index is -3.81. The molecule has 162 valence electrons. The summed E-state index contributed by atoms with van der Waals surface area (Å²) in [4.78, 5) is 15.2. The number of nitrogens with one attached hydrogen (secondary N) is 2. The van der Waals surface area contributed by atoms with Crippen LogP contribution in [-0.2, 0) is 19.6 Å². The summed E-state index contributed by atoms with van der Waals surface area (Å²) in [7, 11) is -3.81. The molecule has 30 heavy (non-hydrogen) atoms. The van der Waals surface area contributed by atoms with Crippen LogP contribution >= 0.6 is 0 Å². The minimum Gasteiger partial charge on any atom is -0.378 e. The summed E-state index contributed by atoms with van der Waals surface area (Å²) in [6.07, 6.45) is 0. The van der Waals surface area contributed by atoms with Gasteiger partial charge in [0.1, 0.15) is 6.04 Å². The summed E-state index contributed by atoms with van der Waals surface area (Å²) >= 11 is 0. The lowest BCUT2D eigenvalue weighted by atomic mass is 10.0. The van der Waals surface area contributed by atoms with Gasteiger partial charge in [0.2, 0.25) is 15.9 Å². The van der Waals surface area contributed by atoms with Crippen molar-refractivity contribution >= 4 is 27.3 Å². The maximum atomic E-state index is 12.8. The summed E-state index contributed by atoms with van der Waals surface area (Å²) in [6, 6.07) is 13.2. The monoisotopic (exact) mass is 431 g/mol. The van der Waals surface area contributed by atoms with Crippen molar-refractivity contribution in [2.75, 3.05) is 36.5 Å². The van der Waals surface area contributed by atoms with Gasteiger partial charge >= 0.3 is 0 Å². The van der Waals surface area contributed by atoms with Gasteiger partial charge in [-0.1, -0.05) is 31.5 Å². The van der Waals surface area contributed by atoms with Gasteiger partial charge in [-0.25, -0.2) is 8.42 Å². The third-order valence-electron chi connectivity index (χ3n) is 5.07. The van der Waals surface area contributed by atoms with Crippen molar-refractivity contribution in [3.05, 3.63) is 54.1 Å². The van der Waals surface area contributed by atoms with Crippen LogP contribution in [0.2, 0.25) is 0 Å². The number of sulfonamides is 1. The van der Waals surface area contributed by atoms with E-state index in [0.717, 1.165) is 24.3 Å². The van der Waals surface area contributed by atoms with Crippen molar-refractivity contribution in [1.29, 1.82) is 0 Å². The first-order valence-electron chi connectivity index (χ1n) is 10.1. The number of benzene rings is 2. The van der Waals surface area contributed by atoms with Gasteiger partial charge < -0.3 is 15.0 Å². The Morgan fingerprint density at radius 3 is 2.17 bits per heavy atom. The molecule has 2 N–H and O–H groups in total. The maximum Gasteiger partial charge on any atom is 0.242 e. The highest BCUT2D eigenvalue weighted by atomic mass is 32.2. The molecule has 2 aromatic rings. The molecule has 7 nitrogen and oxygen atoms in total. The third-order valence-corrected chi connectivity index (χ3v) is 6.53. The summed E-state index contributed by atoms with van der Waals surface area (Å²) < 4.78 is 33.4. The number of nitrogens with zero attached hydrogens (tertiary/aromatic N) is 1. The van der Waals surface area contributed by atoms with Crippen LogP contribution in [0.15, 0.2) is 53.4 Å². The van der Waals surface area contributed by atoms with Crippen molar-refractivity contribution in [3.8, 4) is 0 Å². The topological polar surface area (TPSA) is 87.7 Å². The number of rotatable bonds is 7. The molecule has 2 aromatic carbocycles. The minimum absolute atomic E-state index is 0.140. The highest BCUT2D eigenvalue weighted by molar-refractivity contribution is 7.89. The largest absolute Gasteiger partial charge is 0.378 e. The number of carbonyl (C=O) groups excluding carboxylic acids is 1. The molecule has 1 aliphatic rings. The lowest BCUT2D eigenvalue weighted by Gasteiger charge is -2.29. The van der Waals surface area contributed by atoms with Crippen LogP contribution in [-0.4, -0.2) is 46.7 Å². The molecular formula is C22H29N3O4S. The fraction of sp³-hybridized carbons (Fsp3) is 0.409. The lowest BCUT2D eigenvalue weighted by molar-refractivity contribution is -0.118.